The minimum absolute atomic E-state index is 0.0750. The van der Waals surface area contributed by atoms with Crippen LogP contribution in [0.1, 0.15) is 39.7 Å². The van der Waals surface area contributed by atoms with Crippen molar-refractivity contribution in [3.63, 3.8) is 0 Å². The van der Waals surface area contributed by atoms with E-state index in [1.54, 1.807) is 51.8 Å². The molecule has 1 atom stereocenters. The molecule has 0 aliphatic carbocycles. The highest BCUT2D eigenvalue weighted by Crippen LogP contribution is 2.36. The summed E-state index contributed by atoms with van der Waals surface area (Å²) >= 11 is 6.13. The number of alkyl carbamates (subject to hydrolysis) is 1. The van der Waals surface area contributed by atoms with Crippen LogP contribution in [-0.2, 0) is 20.8 Å². The zero-order valence-corrected chi connectivity index (χ0v) is 25.6. The lowest BCUT2D eigenvalue weighted by Crippen LogP contribution is -2.36. The van der Waals surface area contributed by atoms with E-state index in [-0.39, 0.29) is 18.2 Å². The summed E-state index contributed by atoms with van der Waals surface area (Å²) in [6.07, 6.45) is 1.42. The summed E-state index contributed by atoms with van der Waals surface area (Å²) in [6.45, 7) is 7.95. The zero-order chi connectivity index (χ0) is 31.0. The van der Waals surface area contributed by atoms with Crippen molar-refractivity contribution in [3.05, 3.63) is 47.0 Å². The molecule has 2 aromatic carbocycles. The number of methoxy groups -OCH3 is 2. The number of likely N-dealkylation sites (N-methyl/N-ethyl adjacent to an activating group) is 1. The first kappa shape index (κ1) is 32.6. The molecule has 228 valence electrons. The van der Waals surface area contributed by atoms with Gasteiger partial charge in [-0.25, -0.2) is 19.2 Å². The molecule has 11 nitrogen and oxygen atoms in total. The summed E-state index contributed by atoms with van der Waals surface area (Å²) in [4.78, 5) is 34.4. The number of esters is 1. The van der Waals surface area contributed by atoms with E-state index in [1.807, 2.05) is 0 Å². The molecule has 0 saturated heterocycles. The summed E-state index contributed by atoms with van der Waals surface area (Å²) in [5.41, 5.74) is 1.04. The highest BCUT2D eigenvalue weighted by molar-refractivity contribution is 6.31. The monoisotopic (exact) mass is 605 g/mol. The Morgan fingerprint density at radius 1 is 1.12 bits per heavy atom. The van der Waals surface area contributed by atoms with Crippen molar-refractivity contribution in [3.8, 4) is 11.5 Å². The fourth-order valence-corrected chi connectivity index (χ4v) is 4.08. The Morgan fingerprint density at radius 2 is 1.86 bits per heavy atom. The molecule has 42 heavy (non-hydrogen) atoms. The van der Waals surface area contributed by atoms with Crippen LogP contribution in [-0.4, -0.2) is 73.0 Å². The Bertz CT molecular complexity index is 1420. The maximum absolute atomic E-state index is 14.5. The van der Waals surface area contributed by atoms with Gasteiger partial charge in [0.2, 0.25) is 0 Å². The van der Waals surface area contributed by atoms with Gasteiger partial charge in [0.25, 0.3) is 0 Å². The van der Waals surface area contributed by atoms with E-state index in [0.717, 1.165) is 0 Å². The molecule has 0 saturated carbocycles. The summed E-state index contributed by atoms with van der Waals surface area (Å²) in [5, 5.41) is 6.47. The second-order valence-corrected chi connectivity index (χ2v) is 10.9. The van der Waals surface area contributed by atoms with Gasteiger partial charge in [0, 0.05) is 30.2 Å². The van der Waals surface area contributed by atoms with Crippen molar-refractivity contribution in [2.45, 2.75) is 52.3 Å². The summed E-state index contributed by atoms with van der Waals surface area (Å²) < 4.78 is 36.0. The first-order valence-corrected chi connectivity index (χ1v) is 13.7. The standard InChI is InChI=1S/C29H37ClFN5O6/c1-17(27(37)40-7)36(5)15-18-11-21(31)20(30)13-22(18)35-26-19-12-25(24(39-6)14-23(19)33-16-34-26)41-10-8-9-32-28(38)42-29(2,3)4/h11-14,16-17H,8-10,15H2,1-7H3,(H,32,38)(H,33,34,35)/t17-/m1/s1. The molecule has 0 bridgehead atoms. The van der Waals surface area contributed by atoms with Gasteiger partial charge >= 0.3 is 12.1 Å². The van der Waals surface area contributed by atoms with Crippen LogP contribution in [0.4, 0.5) is 20.7 Å². The Labute approximate surface area is 249 Å². The first-order chi connectivity index (χ1) is 19.8. The number of nitrogens with zero attached hydrogens (tertiary/aromatic N) is 3. The van der Waals surface area contributed by atoms with Crippen molar-refractivity contribution in [1.82, 2.24) is 20.2 Å². The number of hydrogen-bond donors (Lipinski definition) is 2. The Kier molecular flexibility index (Phi) is 11.1. The van der Waals surface area contributed by atoms with Crippen LogP contribution >= 0.6 is 11.6 Å². The van der Waals surface area contributed by atoms with Gasteiger partial charge in [0.05, 0.1) is 31.4 Å². The number of aromatic nitrogens is 2. The van der Waals surface area contributed by atoms with Gasteiger partial charge in [-0.15, -0.1) is 0 Å². The van der Waals surface area contributed by atoms with E-state index in [4.69, 9.17) is 30.5 Å². The average molecular weight is 606 g/mol. The van der Waals surface area contributed by atoms with Crippen LogP contribution in [0.15, 0.2) is 30.6 Å². The van der Waals surface area contributed by atoms with Crippen molar-refractivity contribution < 1.29 is 32.9 Å². The Morgan fingerprint density at radius 3 is 2.52 bits per heavy atom. The number of hydrogen-bond acceptors (Lipinski definition) is 10. The lowest BCUT2D eigenvalue weighted by molar-refractivity contribution is -0.145. The van der Waals surface area contributed by atoms with Crippen LogP contribution in [0.3, 0.4) is 0 Å². The van der Waals surface area contributed by atoms with Crippen molar-refractivity contribution >= 4 is 46.1 Å². The highest BCUT2D eigenvalue weighted by atomic mass is 35.5. The van der Waals surface area contributed by atoms with E-state index in [2.05, 4.69) is 20.6 Å². The molecule has 0 fully saturated rings. The molecular formula is C29H37ClFN5O6. The number of carbonyl (C=O) groups excluding carboxylic acids is 2. The zero-order valence-electron chi connectivity index (χ0n) is 24.8. The Balaban J connectivity index is 1.83. The van der Waals surface area contributed by atoms with Gasteiger partial charge < -0.3 is 29.6 Å². The lowest BCUT2D eigenvalue weighted by atomic mass is 10.1. The van der Waals surface area contributed by atoms with Gasteiger partial charge in [0.15, 0.2) is 11.5 Å². The molecule has 2 N–H and O–H groups in total. The highest BCUT2D eigenvalue weighted by Gasteiger charge is 2.21. The van der Waals surface area contributed by atoms with Crippen LogP contribution < -0.4 is 20.1 Å². The van der Waals surface area contributed by atoms with Gasteiger partial charge in [-0.05, 0) is 64.9 Å². The SMILES string of the molecule is COC(=O)[C@@H](C)N(C)Cc1cc(F)c(Cl)cc1Nc1ncnc2cc(OC)c(OCCCNC(=O)OC(C)(C)C)cc12. The predicted octanol–water partition coefficient (Wildman–Crippen LogP) is 5.46. The van der Waals surface area contributed by atoms with Gasteiger partial charge in [-0.2, -0.15) is 0 Å². The minimum atomic E-state index is -0.592. The number of fused-ring (bicyclic) bond motifs is 1. The van der Waals surface area contributed by atoms with Crippen LogP contribution in [0, 0.1) is 5.82 Å². The maximum atomic E-state index is 14.5. The molecule has 1 heterocycles. The third-order valence-corrected chi connectivity index (χ3v) is 6.48. The topological polar surface area (TPSA) is 124 Å². The number of amides is 1. The molecule has 0 unspecified atom stereocenters. The van der Waals surface area contributed by atoms with Crippen LogP contribution in [0.5, 0.6) is 11.5 Å². The normalized spacial score (nSPS) is 12.1. The molecule has 0 aliphatic heterocycles. The van der Waals surface area contributed by atoms with Gasteiger partial charge in [-0.3, -0.25) is 9.69 Å². The molecule has 1 aromatic heterocycles. The van der Waals surface area contributed by atoms with Crippen molar-refractivity contribution in [2.24, 2.45) is 0 Å². The summed E-state index contributed by atoms with van der Waals surface area (Å²) in [5.74, 6) is 0.336. The van der Waals surface area contributed by atoms with Crippen molar-refractivity contribution in [1.29, 1.82) is 0 Å². The van der Waals surface area contributed by atoms with E-state index >= 15 is 0 Å². The Hall–Kier alpha value is -3.90. The summed E-state index contributed by atoms with van der Waals surface area (Å²) in [7, 11) is 4.57. The summed E-state index contributed by atoms with van der Waals surface area (Å²) in [6, 6.07) is 5.69. The predicted molar refractivity (Wildman–Crippen MR) is 158 cm³/mol. The third-order valence-electron chi connectivity index (χ3n) is 6.19. The second kappa shape index (κ2) is 14.3. The second-order valence-electron chi connectivity index (χ2n) is 10.5. The molecule has 1 amide bonds. The fourth-order valence-electron chi connectivity index (χ4n) is 3.91. The maximum Gasteiger partial charge on any atom is 0.407 e. The lowest BCUT2D eigenvalue weighted by Gasteiger charge is -2.24. The third kappa shape index (κ3) is 8.80. The molecule has 0 aliphatic rings. The molecule has 3 aromatic rings. The number of anilines is 2. The number of nitrogens with one attached hydrogen (secondary N) is 2. The average Bonchev–Trinajstić information content (AvgIpc) is 2.93. The number of halogens is 2. The van der Waals surface area contributed by atoms with Crippen molar-refractivity contribution in [2.75, 3.05) is 39.7 Å². The molecular weight excluding hydrogens is 569 g/mol. The van der Waals surface area contributed by atoms with E-state index in [1.165, 1.54) is 32.7 Å². The number of carbonyl (C=O) groups is 2. The first-order valence-electron chi connectivity index (χ1n) is 13.3. The number of ether oxygens (including phenoxy) is 4. The largest absolute Gasteiger partial charge is 0.493 e. The van der Waals surface area contributed by atoms with E-state index < -0.39 is 29.5 Å². The van der Waals surface area contributed by atoms with E-state index in [0.29, 0.717) is 52.4 Å². The smallest absolute Gasteiger partial charge is 0.407 e. The quantitative estimate of drug-likeness (QED) is 0.203. The van der Waals surface area contributed by atoms with Gasteiger partial charge in [0.1, 0.15) is 29.6 Å². The molecule has 13 heteroatoms. The fraction of sp³-hybridized carbons (Fsp3) is 0.448. The minimum Gasteiger partial charge on any atom is -0.493 e. The number of rotatable bonds is 12. The molecule has 0 spiro atoms. The molecule has 3 rings (SSSR count). The molecule has 0 radical (unpaired) electrons. The van der Waals surface area contributed by atoms with Crippen LogP contribution in [0.25, 0.3) is 10.9 Å². The van der Waals surface area contributed by atoms with Crippen LogP contribution in [0.2, 0.25) is 5.02 Å². The van der Waals surface area contributed by atoms with E-state index in [9.17, 15) is 14.0 Å². The number of benzene rings is 2. The van der Waals surface area contributed by atoms with Gasteiger partial charge in [-0.1, -0.05) is 11.6 Å².